The molecule has 0 radical (unpaired) electrons. The lowest BCUT2D eigenvalue weighted by molar-refractivity contribution is -0.169. The summed E-state index contributed by atoms with van der Waals surface area (Å²) in [6.07, 6.45) is -0.306. The molecule has 3 aromatic rings. The average molecular weight is 415 g/mol. The lowest BCUT2D eigenvalue weighted by Crippen LogP contribution is -2.42. The third-order valence-corrected chi connectivity index (χ3v) is 4.94. The first kappa shape index (κ1) is 16.8. The highest BCUT2D eigenvalue weighted by Crippen LogP contribution is 2.36. The fourth-order valence-corrected chi connectivity index (χ4v) is 3.58. The topological polar surface area (TPSA) is 81.4 Å². The predicted octanol–water partition coefficient (Wildman–Crippen LogP) is 1.75. The summed E-state index contributed by atoms with van der Waals surface area (Å²) in [5, 5.41) is 11.3. The Kier molecular flexibility index (Phi) is 4.21. The molecule has 2 aliphatic rings. The van der Waals surface area contributed by atoms with Gasteiger partial charge in [0.05, 0.1) is 30.4 Å². The standard InChI is InChI=1S/C19H14N2O4.BH4PS/c1-19(24)13-7-15-16-11(6-10-4-2-3-5-14(10)20-16)8-21(15)17(22)12(13)9-25-18(19)23;2-1-3/h2-7,24H,8-9H2,1H3;1,3H,2H2/t19-;/m0./s1/i6T;1D. The number of cyclic esters (lactones) is 1. The summed E-state index contributed by atoms with van der Waals surface area (Å²) in [5.41, 5.74) is 0.692. The van der Waals surface area contributed by atoms with Gasteiger partial charge in [0, 0.05) is 16.5 Å². The summed E-state index contributed by atoms with van der Waals surface area (Å²) in [5.74, 6) is -0.778. The molecule has 2 atom stereocenters. The Bertz CT molecular complexity index is 1260. The second-order valence-electron chi connectivity index (χ2n) is 6.69. The number of ether oxygens (including phenoxy) is 1. The molecule has 1 aromatic carbocycles. The molecule has 28 heavy (non-hydrogen) atoms. The number of carbonyl (C=O) groups is 1. The van der Waals surface area contributed by atoms with Crippen LogP contribution in [0.3, 0.4) is 0 Å². The maximum Gasteiger partial charge on any atom is 0.342 e. The summed E-state index contributed by atoms with van der Waals surface area (Å²) in [6.45, 7) is 1.40. The third kappa shape index (κ3) is 2.87. The lowest BCUT2D eigenvalue weighted by Gasteiger charge is -2.29. The molecule has 0 spiro atoms. The maximum absolute atomic E-state index is 12.9. The van der Waals surface area contributed by atoms with Gasteiger partial charge in [-0.15, -0.1) is 0 Å². The van der Waals surface area contributed by atoms with Gasteiger partial charge in [-0.25, -0.2) is 22.3 Å². The zero-order chi connectivity index (χ0) is 21.8. The lowest BCUT2D eigenvalue weighted by atomic mass is 9.90. The smallest absolute Gasteiger partial charge is 0.342 e. The van der Waals surface area contributed by atoms with Crippen LogP contribution < -0.4 is 5.56 Å². The molecule has 0 aliphatic carbocycles. The Balaban J connectivity index is 0.000000503. The molecule has 5 rings (SSSR count). The van der Waals surface area contributed by atoms with Crippen LogP contribution in [0.2, 0.25) is 0 Å². The van der Waals surface area contributed by atoms with E-state index in [1.54, 1.807) is 6.07 Å². The Labute approximate surface area is 172 Å². The van der Waals surface area contributed by atoms with Crippen LogP contribution in [0.15, 0.2) is 41.2 Å². The van der Waals surface area contributed by atoms with Gasteiger partial charge in [-0.1, -0.05) is 18.2 Å². The van der Waals surface area contributed by atoms with Crippen molar-refractivity contribution in [3.8, 4) is 11.4 Å². The van der Waals surface area contributed by atoms with Crippen molar-refractivity contribution in [1.82, 2.24) is 9.55 Å². The summed E-state index contributed by atoms with van der Waals surface area (Å²) < 4.78 is 21.4. The number of aliphatic hydroxyl groups is 1. The summed E-state index contributed by atoms with van der Waals surface area (Å²) in [4.78, 5) is 29.5. The number of esters is 1. The first-order valence-corrected chi connectivity index (χ1v) is 9.72. The normalized spacial score (nSPS) is 20.1. The molecule has 6 nitrogen and oxygen atoms in total. The number of carbonyl (C=O) groups excluding carboxylic acids is 1. The van der Waals surface area contributed by atoms with E-state index in [0.717, 1.165) is 5.39 Å². The van der Waals surface area contributed by atoms with Crippen molar-refractivity contribution >= 4 is 44.7 Å². The highest BCUT2D eigenvalue weighted by atomic mass is 32.1. The van der Waals surface area contributed by atoms with E-state index in [1.165, 1.54) is 11.5 Å². The molecule has 0 saturated carbocycles. The largest absolute Gasteiger partial charge is 0.458 e. The molecule has 0 amide bonds. The van der Waals surface area contributed by atoms with Crippen molar-refractivity contribution in [2.75, 3.05) is 0 Å². The zero-order valence-corrected chi connectivity index (χ0v) is 17.0. The Morgan fingerprint density at radius 3 is 2.96 bits per heavy atom. The predicted molar refractivity (Wildman–Crippen MR) is 116 cm³/mol. The van der Waals surface area contributed by atoms with Crippen LogP contribution in [0.1, 0.15) is 25.0 Å². The van der Waals surface area contributed by atoms with Crippen molar-refractivity contribution in [3.05, 3.63) is 63.4 Å². The SMILES string of the molecule is [2H]B(P)S.[3H]c1c2c(nc3ccccc13)-c1cc3c(c(=O)n1C2)COC(=O)[C@@]3(C)O. The van der Waals surface area contributed by atoms with Crippen molar-refractivity contribution in [3.63, 3.8) is 0 Å². The van der Waals surface area contributed by atoms with Crippen LogP contribution in [0.4, 0.5) is 0 Å². The Hall–Kier alpha value is -2.15. The number of thiol groups is 1. The molecule has 142 valence electrons. The van der Waals surface area contributed by atoms with E-state index in [1.807, 2.05) is 24.3 Å². The van der Waals surface area contributed by atoms with E-state index in [4.69, 9.17) is 7.44 Å². The summed E-state index contributed by atoms with van der Waals surface area (Å²) >= 11 is 3.60. The van der Waals surface area contributed by atoms with Gasteiger partial charge in [-0.2, -0.15) is 9.12 Å². The highest BCUT2D eigenvalue weighted by molar-refractivity contribution is 8.20. The van der Waals surface area contributed by atoms with E-state index in [2.05, 4.69) is 26.6 Å². The zero-order valence-electron chi connectivity index (χ0n) is 17.0. The number of pyridine rings is 2. The van der Waals surface area contributed by atoms with Gasteiger partial charge in [0.1, 0.15) is 6.61 Å². The molecule has 9 heteroatoms. The van der Waals surface area contributed by atoms with E-state index < -0.39 is 11.6 Å². The number of nitrogens with zero attached hydrogens (tertiary/aromatic N) is 2. The van der Waals surface area contributed by atoms with Crippen LogP contribution >= 0.6 is 21.6 Å². The van der Waals surface area contributed by atoms with Gasteiger partial charge >= 0.3 is 5.97 Å². The maximum atomic E-state index is 12.9. The fourth-order valence-electron chi connectivity index (χ4n) is 3.58. The molecule has 0 bridgehead atoms. The first-order chi connectivity index (χ1) is 14.1. The van der Waals surface area contributed by atoms with Crippen molar-refractivity contribution in [2.45, 2.75) is 25.7 Å². The fraction of sp³-hybridized carbons (Fsp3) is 0.211. The van der Waals surface area contributed by atoms with Crippen LogP contribution in [0.25, 0.3) is 22.3 Å². The quantitative estimate of drug-likeness (QED) is 0.198. The minimum atomic E-state index is -1.88. The highest BCUT2D eigenvalue weighted by Gasteiger charge is 2.42. The molecule has 0 saturated heterocycles. The van der Waals surface area contributed by atoms with Gasteiger partial charge in [-0.3, -0.25) is 4.79 Å². The van der Waals surface area contributed by atoms with Crippen LogP contribution in [-0.2, 0) is 28.3 Å². The Morgan fingerprint density at radius 2 is 2.21 bits per heavy atom. The van der Waals surface area contributed by atoms with Crippen LogP contribution in [-0.4, -0.2) is 28.2 Å². The molecule has 2 aliphatic heterocycles. The third-order valence-electron chi connectivity index (χ3n) is 4.94. The van der Waals surface area contributed by atoms with Gasteiger partial charge in [0.2, 0.25) is 6.24 Å². The van der Waals surface area contributed by atoms with E-state index >= 15 is 0 Å². The Morgan fingerprint density at radius 1 is 1.50 bits per heavy atom. The van der Waals surface area contributed by atoms with Gasteiger partial charge in [-0.05, 0) is 26.4 Å². The monoisotopic (exact) mass is 415 g/mol. The van der Waals surface area contributed by atoms with Crippen molar-refractivity contribution < 1.29 is 16.0 Å². The number of aromatic nitrogens is 2. The molecule has 4 heterocycles. The van der Waals surface area contributed by atoms with E-state index in [9.17, 15) is 14.7 Å². The first-order valence-electron chi connectivity index (χ1n) is 9.62. The van der Waals surface area contributed by atoms with Gasteiger partial charge in [0.25, 0.3) is 5.56 Å². The summed E-state index contributed by atoms with van der Waals surface area (Å²) in [6, 6.07) is 9.31. The van der Waals surface area contributed by atoms with Crippen molar-refractivity contribution in [1.29, 1.82) is 1.34 Å². The van der Waals surface area contributed by atoms with Crippen LogP contribution in [0, 0.1) is 0 Å². The van der Waals surface area contributed by atoms with Crippen molar-refractivity contribution in [2.24, 2.45) is 0 Å². The van der Waals surface area contributed by atoms with E-state index in [-0.39, 0.29) is 36.1 Å². The van der Waals surface area contributed by atoms with Gasteiger partial charge in [0.15, 0.2) is 5.60 Å². The summed E-state index contributed by atoms with van der Waals surface area (Å²) in [7, 11) is 2.19. The molecular formula is C19H18BN2O4PS. The molecule has 1 N–H and O–H groups in total. The number of fused-ring (bicyclic) bond motifs is 5. The number of rotatable bonds is 0. The molecule has 2 aromatic heterocycles. The van der Waals surface area contributed by atoms with Crippen LogP contribution in [0.5, 0.6) is 0 Å². The number of benzene rings is 1. The number of hydrogen-bond acceptors (Lipinski definition) is 6. The van der Waals surface area contributed by atoms with Gasteiger partial charge < -0.3 is 14.4 Å². The average Bonchev–Trinajstić information content (AvgIpc) is 3.05. The molecule has 0 fully saturated rings. The minimum Gasteiger partial charge on any atom is -0.458 e. The second kappa shape index (κ2) is 7.03. The minimum absolute atomic E-state index is 0.164. The number of hydrogen-bond donors (Lipinski definition) is 2. The molecular weight excluding hydrogens is 394 g/mol. The molecule has 1 unspecified atom stereocenters. The second-order valence-corrected chi connectivity index (χ2v) is 7.88. The number of para-hydroxylation sites is 1. The van der Waals surface area contributed by atoms with E-state index in [0.29, 0.717) is 28.5 Å².